The Labute approximate surface area is 290 Å². The van der Waals surface area contributed by atoms with Crippen LogP contribution in [0.1, 0.15) is 55.8 Å². The molecule has 2 aromatic carbocycles. The van der Waals surface area contributed by atoms with Gasteiger partial charge in [-0.15, -0.1) is 0 Å². The van der Waals surface area contributed by atoms with Crippen molar-refractivity contribution in [3.8, 4) is 0 Å². The summed E-state index contributed by atoms with van der Waals surface area (Å²) in [5.41, 5.74) is 9.38. The van der Waals surface area contributed by atoms with Crippen LogP contribution in [0.2, 0.25) is 36.3 Å². The van der Waals surface area contributed by atoms with Crippen molar-refractivity contribution in [1.82, 2.24) is 9.55 Å². The molecule has 1 aliphatic rings. The molecule has 1 fully saturated rings. The average molecular weight is 774 g/mol. The maximum atomic E-state index is 12.0. The fourth-order valence-electron chi connectivity index (χ4n) is 3.81. The number of nitrogen functional groups attached to an aromatic ring is 1. The highest BCUT2D eigenvalue weighted by molar-refractivity contribution is 14.1. The first kappa shape index (κ1) is 39.5. The zero-order valence-electron chi connectivity index (χ0n) is 30.5. The molecule has 0 spiro atoms. The Kier molecular flexibility index (Phi) is 16.9. The van der Waals surface area contributed by atoms with E-state index < -0.39 is 16.6 Å². The number of ether oxygens (including phenoxy) is 1. The normalized spacial score (nSPS) is 13.9. The van der Waals surface area contributed by atoms with Crippen LogP contribution >= 0.6 is 22.6 Å². The van der Waals surface area contributed by atoms with Gasteiger partial charge >= 0.3 is 5.69 Å². The Balaban J connectivity index is 0.000000372. The number of hydrogen-bond donors (Lipinski definition) is 3. The Morgan fingerprint density at radius 2 is 1.44 bits per heavy atom. The number of benzene rings is 2. The third-order valence-corrected chi connectivity index (χ3v) is 17.8. The van der Waals surface area contributed by atoms with E-state index in [0.717, 1.165) is 48.8 Å². The second-order valence-electron chi connectivity index (χ2n) is 14.1. The molecule has 0 atom stereocenters. The van der Waals surface area contributed by atoms with Crippen molar-refractivity contribution in [1.29, 1.82) is 0 Å². The summed E-state index contributed by atoms with van der Waals surface area (Å²) >= 11 is 1.96. The molecule has 0 saturated carbocycles. The van der Waals surface area contributed by atoms with Crippen LogP contribution in [0.5, 0.6) is 0 Å². The highest BCUT2D eigenvalue weighted by atomic mass is 127. The Hall–Kier alpha value is -1.65. The van der Waals surface area contributed by atoms with Gasteiger partial charge < -0.3 is 29.6 Å². The number of H-pyrrole nitrogens is 1. The van der Waals surface area contributed by atoms with Crippen molar-refractivity contribution >= 4 is 61.6 Å². The predicted molar refractivity (Wildman–Crippen MR) is 208 cm³/mol. The van der Waals surface area contributed by atoms with Gasteiger partial charge in [0.2, 0.25) is 0 Å². The van der Waals surface area contributed by atoms with Crippen LogP contribution in [0.25, 0.3) is 11.0 Å². The van der Waals surface area contributed by atoms with Crippen molar-refractivity contribution < 1.29 is 15.0 Å². The van der Waals surface area contributed by atoms with Crippen LogP contribution in [0.4, 0.5) is 11.4 Å². The van der Waals surface area contributed by atoms with E-state index in [4.69, 9.17) is 20.7 Å². The molecule has 256 valence electrons. The maximum absolute atomic E-state index is 12.0. The number of para-hydroxylation sites is 4. The van der Waals surface area contributed by atoms with Crippen LogP contribution in [-0.4, -0.2) is 64.1 Å². The first-order valence-electron chi connectivity index (χ1n) is 16.6. The topological polar surface area (TPSA) is 104 Å². The van der Waals surface area contributed by atoms with Gasteiger partial charge in [-0.2, -0.15) is 0 Å². The molecule has 2 heterocycles. The van der Waals surface area contributed by atoms with Crippen molar-refractivity contribution in [2.24, 2.45) is 0 Å². The molecule has 11 heteroatoms. The minimum atomic E-state index is -1.75. The van der Waals surface area contributed by atoms with Crippen LogP contribution < -0.4 is 16.7 Å². The summed E-state index contributed by atoms with van der Waals surface area (Å²) in [5.74, 6) is 0. The van der Waals surface area contributed by atoms with Crippen LogP contribution in [0.3, 0.4) is 0 Å². The largest absolute Gasteiger partial charge is 0.415 e. The van der Waals surface area contributed by atoms with E-state index >= 15 is 0 Å². The summed E-state index contributed by atoms with van der Waals surface area (Å²) in [6.07, 6.45) is 2.56. The first-order valence-corrected chi connectivity index (χ1v) is 23.2. The zero-order chi connectivity index (χ0) is 35.0. The van der Waals surface area contributed by atoms with Gasteiger partial charge in [0.1, 0.15) is 0 Å². The number of anilines is 2. The van der Waals surface area contributed by atoms with E-state index in [1.807, 2.05) is 71.1 Å². The molecule has 0 aliphatic carbocycles. The SMILES string of the molecule is C1CCOC1.CC(C)(C)[Si](C)(C)OCCNc1ccccc1N.CC(C)(C)[Si](C)(C)OCCn1c(=O)[nH]c2ccccc21.[2H]CI. The van der Waals surface area contributed by atoms with Crippen molar-refractivity contribution in [3.63, 3.8) is 0 Å². The summed E-state index contributed by atoms with van der Waals surface area (Å²) in [5, 5.41) is 3.76. The van der Waals surface area contributed by atoms with Crippen molar-refractivity contribution in [2.45, 2.75) is 97.2 Å². The molecule has 0 radical (unpaired) electrons. The van der Waals surface area contributed by atoms with Gasteiger partial charge in [-0.1, -0.05) is 88.4 Å². The minimum absolute atomic E-state index is 0.0648. The predicted octanol–water partition coefficient (Wildman–Crippen LogP) is 8.90. The minimum Gasteiger partial charge on any atom is -0.415 e. The Morgan fingerprint density at radius 3 is 1.96 bits per heavy atom. The average Bonchev–Trinajstić information content (AvgIpc) is 3.64. The molecule has 0 bridgehead atoms. The fraction of sp³-hybridized carbons (Fsp3) is 0.618. The first-order chi connectivity index (χ1) is 21.4. The monoisotopic (exact) mass is 773 g/mol. The second-order valence-corrected chi connectivity index (χ2v) is 23.8. The quantitative estimate of drug-likeness (QED) is 0.0660. The van der Waals surface area contributed by atoms with Gasteiger partial charge in [-0.25, -0.2) is 4.79 Å². The highest BCUT2D eigenvalue weighted by Crippen LogP contribution is 2.37. The molecule has 1 aliphatic heterocycles. The lowest BCUT2D eigenvalue weighted by Gasteiger charge is -2.36. The fourth-order valence-corrected chi connectivity index (χ4v) is 5.89. The van der Waals surface area contributed by atoms with Gasteiger partial charge in [0.25, 0.3) is 0 Å². The number of nitrogens with two attached hydrogens (primary N) is 1. The molecule has 0 amide bonds. The van der Waals surface area contributed by atoms with Gasteiger partial charge in [0.05, 0.1) is 35.6 Å². The van der Waals surface area contributed by atoms with Crippen molar-refractivity contribution in [3.05, 3.63) is 59.0 Å². The maximum Gasteiger partial charge on any atom is 0.326 e. The van der Waals surface area contributed by atoms with E-state index in [0.29, 0.717) is 18.1 Å². The Bertz CT molecular complexity index is 1330. The molecule has 4 rings (SSSR count). The number of nitrogens with one attached hydrogen (secondary N) is 2. The van der Waals surface area contributed by atoms with Gasteiger partial charge in [0.15, 0.2) is 16.6 Å². The third kappa shape index (κ3) is 13.9. The van der Waals surface area contributed by atoms with Crippen LogP contribution in [-0.2, 0) is 20.1 Å². The summed E-state index contributed by atoms with van der Waals surface area (Å²) in [4.78, 5) is 15.3. The lowest BCUT2D eigenvalue weighted by Crippen LogP contribution is -2.41. The number of rotatable bonds is 9. The summed E-state index contributed by atoms with van der Waals surface area (Å²) in [6.45, 7) is 27.1. The summed E-state index contributed by atoms with van der Waals surface area (Å²) in [7, 11) is -3.38. The lowest BCUT2D eigenvalue weighted by atomic mass is 10.2. The lowest BCUT2D eigenvalue weighted by molar-refractivity contribution is 0.198. The van der Waals surface area contributed by atoms with Crippen molar-refractivity contribution in [2.75, 3.05) is 48.9 Å². The number of halogens is 1. The highest BCUT2D eigenvalue weighted by Gasteiger charge is 2.37. The molecule has 0 unspecified atom stereocenters. The molecule has 1 saturated heterocycles. The van der Waals surface area contributed by atoms with Gasteiger partial charge in [0, 0.05) is 27.7 Å². The molecule has 3 aromatic rings. The van der Waals surface area contributed by atoms with E-state index in [-0.39, 0.29) is 15.8 Å². The summed E-state index contributed by atoms with van der Waals surface area (Å²) in [6, 6.07) is 15.6. The Morgan fingerprint density at radius 1 is 0.933 bits per heavy atom. The van der Waals surface area contributed by atoms with Crippen LogP contribution in [0.15, 0.2) is 53.3 Å². The molecule has 1 aromatic heterocycles. The summed E-state index contributed by atoms with van der Waals surface area (Å²) < 4.78 is 25.1. The standard InChI is InChI=1S/C15H24N2O2Si.C14H26N2OSi.C4H8O.CH3I/c1-15(2,3)20(4,5)19-11-10-17-13-9-7-6-8-12(13)16-14(17)18;1-14(2,3)18(4,5)17-11-10-16-13-9-7-6-8-12(13)15;1-2-4-5-3-1;1-2/h6-9H,10-11H2,1-5H3,(H,16,18);6-9,16H,10-11,15H2,1-5H3;1-4H2;1H3/i;;;1D. The van der Waals surface area contributed by atoms with Gasteiger partial charge in [-0.05, 0) is 78.3 Å². The molecular formula is C34H61IN4O4Si2. The zero-order valence-corrected chi connectivity index (χ0v) is 33.7. The number of fused-ring (bicyclic) bond motifs is 1. The third-order valence-electron chi connectivity index (χ3n) is 8.74. The van der Waals surface area contributed by atoms with E-state index in [1.54, 1.807) is 4.57 Å². The molecule has 45 heavy (non-hydrogen) atoms. The van der Waals surface area contributed by atoms with E-state index in [1.165, 1.54) is 12.8 Å². The number of nitrogens with zero attached hydrogens (tertiary/aromatic N) is 1. The van der Waals surface area contributed by atoms with Crippen LogP contribution in [0, 0.1) is 0 Å². The number of alkyl halides is 1. The number of hydrogen-bond acceptors (Lipinski definition) is 6. The molecule has 8 nitrogen and oxygen atoms in total. The van der Waals surface area contributed by atoms with E-state index in [9.17, 15) is 4.79 Å². The van der Waals surface area contributed by atoms with Gasteiger partial charge in [-0.3, -0.25) is 4.57 Å². The van der Waals surface area contributed by atoms with E-state index in [2.05, 4.69) is 78.0 Å². The molecule has 4 N–H and O–H groups in total. The number of imidazole rings is 1. The molecular weight excluding hydrogens is 711 g/mol. The second kappa shape index (κ2) is 19.2. The number of aromatic nitrogens is 2. The number of aromatic amines is 1. The smallest absolute Gasteiger partial charge is 0.326 e.